The third kappa shape index (κ3) is 3.35. The van der Waals surface area contributed by atoms with Gasteiger partial charge in [0.2, 0.25) is 0 Å². The maximum Gasteiger partial charge on any atom is 0.195 e. The van der Waals surface area contributed by atoms with E-state index in [9.17, 15) is 5.26 Å². The van der Waals surface area contributed by atoms with Crippen LogP contribution in [0.25, 0.3) is 5.65 Å². The van der Waals surface area contributed by atoms with Crippen molar-refractivity contribution >= 4 is 33.7 Å². The van der Waals surface area contributed by atoms with Crippen molar-refractivity contribution in [1.29, 1.82) is 5.26 Å². The second-order valence-corrected chi connectivity index (χ2v) is 8.35. The molecule has 0 fully saturated rings. The van der Waals surface area contributed by atoms with E-state index in [0.717, 1.165) is 45.7 Å². The van der Waals surface area contributed by atoms with Gasteiger partial charge in [-0.25, -0.2) is 0 Å². The molecule has 1 aliphatic rings. The molecule has 0 saturated heterocycles. The molecule has 5 nitrogen and oxygen atoms in total. The first-order chi connectivity index (χ1) is 12.8. The van der Waals surface area contributed by atoms with Gasteiger partial charge in [0.05, 0.1) is 5.56 Å². The van der Waals surface area contributed by atoms with Crippen LogP contribution in [0.5, 0.6) is 0 Å². The summed E-state index contributed by atoms with van der Waals surface area (Å²) in [6, 6.07) is 8.28. The van der Waals surface area contributed by atoms with E-state index in [0.29, 0.717) is 0 Å². The molecule has 3 heterocycles. The lowest BCUT2D eigenvalue weighted by Gasteiger charge is -2.09. The van der Waals surface area contributed by atoms with E-state index >= 15 is 0 Å². The Labute approximate surface area is 160 Å². The Kier molecular flexibility index (Phi) is 4.96. The molecule has 26 heavy (non-hydrogen) atoms. The Bertz CT molecular complexity index is 1010. The Morgan fingerprint density at radius 1 is 1.38 bits per heavy atom. The van der Waals surface area contributed by atoms with Crippen molar-refractivity contribution in [3.63, 3.8) is 0 Å². The number of allylic oxidation sites excluding steroid dienone is 1. The highest BCUT2D eigenvalue weighted by molar-refractivity contribution is 7.99. The van der Waals surface area contributed by atoms with Crippen LogP contribution in [0, 0.1) is 11.3 Å². The van der Waals surface area contributed by atoms with Crippen molar-refractivity contribution in [3.05, 3.63) is 52.2 Å². The molecular formula is C19H19N5S2. The van der Waals surface area contributed by atoms with E-state index in [1.807, 2.05) is 35.7 Å². The second kappa shape index (κ2) is 7.52. The van der Waals surface area contributed by atoms with E-state index in [4.69, 9.17) is 0 Å². The van der Waals surface area contributed by atoms with Crippen LogP contribution in [0.2, 0.25) is 0 Å². The molecule has 3 aromatic rings. The van der Waals surface area contributed by atoms with Gasteiger partial charge in [-0.15, -0.1) is 21.5 Å². The fraction of sp³-hybridized carbons (Fsp3) is 0.316. The smallest absolute Gasteiger partial charge is 0.195 e. The van der Waals surface area contributed by atoms with Crippen molar-refractivity contribution in [1.82, 2.24) is 14.6 Å². The number of aromatic nitrogens is 3. The van der Waals surface area contributed by atoms with E-state index < -0.39 is 0 Å². The zero-order valence-corrected chi connectivity index (χ0v) is 16.2. The highest BCUT2D eigenvalue weighted by Crippen LogP contribution is 2.38. The van der Waals surface area contributed by atoms with Crippen LogP contribution in [0.4, 0.5) is 5.00 Å². The van der Waals surface area contributed by atoms with Crippen LogP contribution in [0.1, 0.15) is 35.8 Å². The van der Waals surface area contributed by atoms with Crippen LogP contribution >= 0.6 is 23.1 Å². The Morgan fingerprint density at radius 3 is 3.15 bits per heavy atom. The maximum absolute atomic E-state index is 9.55. The van der Waals surface area contributed by atoms with E-state index in [1.54, 1.807) is 23.1 Å². The molecule has 7 heteroatoms. The van der Waals surface area contributed by atoms with E-state index in [2.05, 4.69) is 27.7 Å². The van der Waals surface area contributed by atoms with Gasteiger partial charge in [0, 0.05) is 22.5 Å². The SMILES string of the molecule is CC(=CCSc1nnc2ccccn12)Nc1sc2c(c1C#N)CCCC2. The lowest BCUT2D eigenvalue weighted by molar-refractivity contribution is 0.696. The minimum Gasteiger partial charge on any atom is -0.350 e. The lowest BCUT2D eigenvalue weighted by Crippen LogP contribution is -2.00. The minimum absolute atomic E-state index is 0.793. The Balaban J connectivity index is 1.44. The van der Waals surface area contributed by atoms with Crippen molar-refractivity contribution in [3.8, 4) is 6.07 Å². The highest BCUT2D eigenvalue weighted by Gasteiger charge is 2.20. The highest BCUT2D eigenvalue weighted by atomic mass is 32.2. The normalized spacial score (nSPS) is 14.2. The molecule has 4 rings (SSSR count). The quantitative estimate of drug-likeness (QED) is 0.652. The molecule has 0 spiro atoms. The third-order valence-electron chi connectivity index (χ3n) is 4.48. The average molecular weight is 382 g/mol. The number of thiophene rings is 1. The van der Waals surface area contributed by atoms with Crippen LogP contribution in [0.3, 0.4) is 0 Å². The number of hydrogen-bond donors (Lipinski definition) is 1. The summed E-state index contributed by atoms with van der Waals surface area (Å²) in [5.41, 5.74) is 4.02. The van der Waals surface area contributed by atoms with Gasteiger partial charge in [-0.3, -0.25) is 4.40 Å². The van der Waals surface area contributed by atoms with Gasteiger partial charge >= 0.3 is 0 Å². The van der Waals surface area contributed by atoms with Gasteiger partial charge < -0.3 is 5.32 Å². The summed E-state index contributed by atoms with van der Waals surface area (Å²) in [7, 11) is 0. The van der Waals surface area contributed by atoms with Gasteiger partial charge in [0.25, 0.3) is 0 Å². The van der Waals surface area contributed by atoms with Gasteiger partial charge in [0.1, 0.15) is 11.1 Å². The predicted octanol–water partition coefficient (Wildman–Crippen LogP) is 4.65. The molecule has 0 radical (unpaired) electrons. The Hall–Kier alpha value is -2.30. The number of rotatable bonds is 5. The molecule has 0 bridgehead atoms. The van der Waals surface area contributed by atoms with Gasteiger partial charge in [-0.05, 0) is 50.3 Å². The topological polar surface area (TPSA) is 66.0 Å². The standard InChI is InChI=1S/C19H19N5S2/c1-13(9-11-25-19-23-22-17-8-4-5-10-24(17)19)21-18-15(12-20)14-6-2-3-7-16(14)26-18/h4-5,8-10,21H,2-3,6-7,11H2,1H3. The number of aryl methyl sites for hydroxylation is 1. The first-order valence-electron chi connectivity index (χ1n) is 8.67. The molecular weight excluding hydrogens is 362 g/mol. The summed E-state index contributed by atoms with van der Waals surface area (Å²) >= 11 is 3.38. The summed E-state index contributed by atoms with van der Waals surface area (Å²) in [6.45, 7) is 2.04. The number of nitriles is 1. The summed E-state index contributed by atoms with van der Waals surface area (Å²) in [5, 5.41) is 23.3. The molecule has 0 atom stereocenters. The molecule has 0 saturated carbocycles. The van der Waals surface area contributed by atoms with Crippen LogP contribution < -0.4 is 5.32 Å². The minimum atomic E-state index is 0.793. The molecule has 0 amide bonds. The van der Waals surface area contributed by atoms with E-state index in [1.165, 1.54) is 23.3 Å². The summed E-state index contributed by atoms with van der Waals surface area (Å²) < 4.78 is 1.99. The van der Waals surface area contributed by atoms with Gasteiger partial charge in [-0.1, -0.05) is 23.9 Å². The zero-order chi connectivity index (χ0) is 17.9. The second-order valence-electron chi connectivity index (χ2n) is 6.26. The average Bonchev–Trinajstić information content (AvgIpc) is 3.22. The summed E-state index contributed by atoms with van der Waals surface area (Å²) in [5.74, 6) is 0.793. The van der Waals surface area contributed by atoms with Crippen LogP contribution in [-0.2, 0) is 12.8 Å². The number of thioether (sulfide) groups is 1. The summed E-state index contributed by atoms with van der Waals surface area (Å²) in [4.78, 5) is 1.38. The monoisotopic (exact) mass is 381 g/mol. The molecule has 1 N–H and O–H groups in total. The van der Waals surface area contributed by atoms with Gasteiger partial charge in [0.15, 0.2) is 10.8 Å². The zero-order valence-electron chi connectivity index (χ0n) is 14.5. The number of fused-ring (bicyclic) bond motifs is 2. The fourth-order valence-corrected chi connectivity index (χ4v) is 5.34. The molecule has 1 aliphatic carbocycles. The fourth-order valence-electron chi connectivity index (χ4n) is 3.16. The van der Waals surface area contributed by atoms with Crippen molar-refractivity contribution in [2.24, 2.45) is 0 Å². The summed E-state index contributed by atoms with van der Waals surface area (Å²) in [6.07, 6.45) is 8.67. The van der Waals surface area contributed by atoms with Crippen LogP contribution in [-0.4, -0.2) is 20.4 Å². The van der Waals surface area contributed by atoms with Crippen molar-refractivity contribution in [2.45, 2.75) is 37.8 Å². The number of nitrogens with one attached hydrogen (secondary N) is 1. The van der Waals surface area contributed by atoms with Crippen molar-refractivity contribution in [2.75, 3.05) is 11.1 Å². The molecule has 0 aromatic carbocycles. The number of nitrogens with zero attached hydrogens (tertiary/aromatic N) is 4. The Morgan fingerprint density at radius 2 is 2.27 bits per heavy atom. The number of anilines is 1. The van der Waals surface area contributed by atoms with Gasteiger partial charge in [-0.2, -0.15) is 5.26 Å². The van der Waals surface area contributed by atoms with Crippen molar-refractivity contribution < 1.29 is 0 Å². The first kappa shape index (κ1) is 17.1. The third-order valence-corrected chi connectivity index (χ3v) is 6.56. The lowest BCUT2D eigenvalue weighted by atomic mass is 9.96. The molecule has 132 valence electrons. The first-order valence-corrected chi connectivity index (χ1v) is 10.5. The maximum atomic E-state index is 9.55. The van der Waals surface area contributed by atoms with Crippen LogP contribution in [0.15, 0.2) is 41.3 Å². The van der Waals surface area contributed by atoms with E-state index in [-0.39, 0.29) is 0 Å². The largest absolute Gasteiger partial charge is 0.350 e. The molecule has 0 unspecified atom stereocenters. The molecule has 0 aliphatic heterocycles. The number of pyridine rings is 1. The number of hydrogen-bond acceptors (Lipinski definition) is 6. The molecule has 3 aromatic heterocycles. The predicted molar refractivity (Wildman–Crippen MR) is 107 cm³/mol.